The van der Waals surface area contributed by atoms with E-state index >= 15 is 0 Å². The lowest BCUT2D eigenvalue weighted by molar-refractivity contribution is -0.137. The average molecular weight is 405 g/mol. The van der Waals surface area contributed by atoms with Crippen LogP contribution in [-0.4, -0.2) is 39.8 Å². The SMILES string of the molecule is CCCc1cc(=O)[nH]c(SCC(=O)N[C@@H](CC(=O)O)c2ccc(OC)cc2)n1. The fourth-order valence-electron chi connectivity index (χ4n) is 2.57. The topological polar surface area (TPSA) is 121 Å². The standard InChI is InChI=1S/C19H23N3O5S/c1-3-4-13-9-16(23)22-19(20-13)28-11-17(24)21-15(10-18(25)26)12-5-7-14(27-2)8-6-12/h5-9,15H,3-4,10-11H2,1-2H3,(H,21,24)(H,25,26)(H,20,22,23)/t15-/m0/s1. The number of rotatable bonds is 10. The molecule has 2 rings (SSSR count). The van der Waals surface area contributed by atoms with Crippen molar-refractivity contribution < 1.29 is 19.4 Å². The Morgan fingerprint density at radius 2 is 2.04 bits per heavy atom. The van der Waals surface area contributed by atoms with E-state index in [0.29, 0.717) is 28.6 Å². The molecule has 1 aromatic carbocycles. The van der Waals surface area contributed by atoms with Gasteiger partial charge in [0.15, 0.2) is 5.16 Å². The van der Waals surface area contributed by atoms with Crippen molar-refractivity contribution in [3.05, 3.63) is 51.9 Å². The molecule has 0 aliphatic heterocycles. The largest absolute Gasteiger partial charge is 0.497 e. The highest BCUT2D eigenvalue weighted by atomic mass is 32.2. The number of hydrogen-bond donors (Lipinski definition) is 3. The fourth-order valence-corrected chi connectivity index (χ4v) is 3.27. The van der Waals surface area contributed by atoms with E-state index in [1.54, 1.807) is 24.3 Å². The van der Waals surface area contributed by atoms with Crippen LogP contribution in [0.25, 0.3) is 0 Å². The van der Waals surface area contributed by atoms with Gasteiger partial charge >= 0.3 is 5.97 Å². The molecule has 0 aliphatic rings. The van der Waals surface area contributed by atoms with Gasteiger partial charge in [-0.25, -0.2) is 4.98 Å². The number of carboxylic acids is 1. The molecular formula is C19H23N3O5S. The number of aromatic amines is 1. The van der Waals surface area contributed by atoms with Crippen molar-refractivity contribution in [1.82, 2.24) is 15.3 Å². The molecule has 1 atom stereocenters. The van der Waals surface area contributed by atoms with Gasteiger partial charge in [-0.2, -0.15) is 0 Å². The number of aliphatic carboxylic acids is 1. The van der Waals surface area contributed by atoms with Gasteiger partial charge in [0.25, 0.3) is 5.56 Å². The zero-order valence-corrected chi connectivity index (χ0v) is 16.5. The maximum atomic E-state index is 12.3. The van der Waals surface area contributed by atoms with Crippen molar-refractivity contribution in [1.29, 1.82) is 0 Å². The van der Waals surface area contributed by atoms with Gasteiger partial charge in [-0.1, -0.05) is 37.2 Å². The van der Waals surface area contributed by atoms with Gasteiger partial charge in [0, 0.05) is 11.8 Å². The molecule has 0 fully saturated rings. The molecule has 8 nitrogen and oxygen atoms in total. The molecule has 0 spiro atoms. The Labute approximate surface area is 166 Å². The summed E-state index contributed by atoms with van der Waals surface area (Å²) in [5.41, 5.74) is 1.08. The van der Waals surface area contributed by atoms with Gasteiger partial charge in [0.1, 0.15) is 5.75 Å². The van der Waals surface area contributed by atoms with E-state index in [1.165, 1.54) is 13.2 Å². The highest BCUT2D eigenvalue weighted by Gasteiger charge is 2.18. The predicted molar refractivity (Wildman–Crippen MR) is 106 cm³/mol. The smallest absolute Gasteiger partial charge is 0.305 e. The molecule has 9 heteroatoms. The summed E-state index contributed by atoms with van der Waals surface area (Å²) in [5, 5.41) is 12.2. The van der Waals surface area contributed by atoms with Gasteiger partial charge in [-0.15, -0.1) is 0 Å². The number of amides is 1. The van der Waals surface area contributed by atoms with Crippen LogP contribution in [-0.2, 0) is 16.0 Å². The quantitative estimate of drug-likeness (QED) is 0.409. The summed E-state index contributed by atoms with van der Waals surface area (Å²) in [4.78, 5) is 42.1. The molecule has 0 bridgehead atoms. The van der Waals surface area contributed by atoms with Gasteiger partial charge in [-0.05, 0) is 24.1 Å². The second-order valence-corrected chi connectivity index (χ2v) is 7.04. The average Bonchev–Trinajstić information content (AvgIpc) is 2.65. The minimum Gasteiger partial charge on any atom is -0.497 e. The second kappa shape index (κ2) is 10.5. The van der Waals surface area contributed by atoms with Crippen LogP contribution in [0.2, 0.25) is 0 Å². The first kappa shape index (κ1) is 21.5. The maximum Gasteiger partial charge on any atom is 0.305 e. The van der Waals surface area contributed by atoms with E-state index in [1.807, 2.05) is 6.92 Å². The van der Waals surface area contributed by atoms with Crippen LogP contribution in [0.3, 0.4) is 0 Å². The third-order valence-corrected chi connectivity index (χ3v) is 4.72. The number of carbonyl (C=O) groups is 2. The molecule has 0 aliphatic carbocycles. The van der Waals surface area contributed by atoms with Gasteiger partial charge < -0.3 is 20.1 Å². The molecule has 3 N–H and O–H groups in total. The molecule has 0 saturated heterocycles. The van der Waals surface area contributed by atoms with Crippen molar-refractivity contribution in [2.24, 2.45) is 0 Å². The number of aromatic nitrogens is 2. The van der Waals surface area contributed by atoms with Crippen molar-refractivity contribution in [2.45, 2.75) is 37.4 Å². The lowest BCUT2D eigenvalue weighted by atomic mass is 10.0. The van der Waals surface area contributed by atoms with Crippen LogP contribution in [0, 0.1) is 0 Å². The second-order valence-electron chi connectivity index (χ2n) is 6.07. The number of ether oxygens (including phenoxy) is 1. The normalized spacial score (nSPS) is 11.6. The minimum absolute atomic E-state index is 0.00475. The first-order valence-corrected chi connectivity index (χ1v) is 9.78. The van der Waals surface area contributed by atoms with Crippen LogP contribution in [0.4, 0.5) is 0 Å². The van der Waals surface area contributed by atoms with E-state index in [9.17, 15) is 14.4 Å². The first-order chi connectivity index (χ1) is 13.4. The number of carbonyl (C=O) groups excluding carboxylic acids is 1. The van der Waals surface area contributed by atoms with Gasteiger partial charge in [0.2, 0.25) is 5.91 Å². The van der Waals surface area contributed by atoms with Crippen molar-refractivity contribution in [3.63, 3.8) is 0 Å². The molecule has 0 radical (unpaired) electrons. The number of benzene rings is 1. The monoisotopic (exact) mass is 405 g/mol. The zero-order valence-electron chi connectivity index (χ0n) is 15.7. The van der Waals surface area contributed by atoms with Gasteiger partial charge in [0.05, 0.1) is 25.3 Å². The van der Waals surface area contributed by atoms with Gasteiger partial charge in [-0.3, -0.25) is 14.4 Å². The Morgan fingerprint density at radius 3 is 2.64 bits per heavy atom. The van der Waals surface area contributed by atoms with E-state index in [-0.39, 0.29) is 23.6 Å². The number of thioether (sulfide) groups is 1. The van der Waals surface area contributed by atoms with Crippen molar-refractivity contribution >= 4 is 23.6 Å². The Hall–Kier alpha value is -2.81. The Balaban J connectivity index is 2.03. The molecule has 1 amide bonds. The molecule has 150 valence electrons. The highest BCUT2D eigenvalue weighted by Crippen LogP contribution is 2.21. The maximum absolute atomic E-state index is 12.3. The summed E-state index contributed by atoms with van der Waals surface area (Å²) in [7, 11) is 1.54. The number of hydrogen-bond acceptors (Lipinski definition) is 6. The summed E-state index contributed by atoms with van der Waals surface area (Å²) in [6.07, 6.45) is 1.30. The molecule has 0 saturated carbocycles. The Bertz CT molecular complexity index is 867. The molecule has 1 heterocycles. The Morgan fingerprint density at radius 1 is 1.32 bits per heavy atom. The van der Waals surface area contributed by atoms with Crippen LogP contribution < -0.4 is 15.6 Å². The summed E-state index contributed by atoms with van der Waals surface area (Å²) in [5.74, 6) is -0.727. The van der Waals surface area contributed by atoms with E-state index in [0.717, 1.165) is 18.2 Å². The van der Waals surface area contributed by atoms with Crippen LogP contribution in [0.1, 0.15) is 37.1 Å². The first-order valence-electron chi connectivity index (χ1n) is 8.79. The third-order valence-electron chi connectivity index (χ3n) is 3.85. The summed E-state index contributed by atoms with van der Waals surface area (Å²) < 4.78 is 5.09. The number of nitrogens with zero attached hydrogens (tertiary/aromatic N) is 1. The third kappa shape index (κ3) is 6.73. The number of H-pyrrole nitrogens is 1. The molecular weight excluding hydrogens is 382 g/mol. The summed E-state index contributed by atoms with van der Waals surface area (Å²) in [6.45, 7) is 1.99. The predicted octanol–water partition coefficient (Wildman–Crippen LogP) is 2.16. The number of aryl methyl sites for hydroxylation is 1. The molecule has 0 unspecified atom stereocenters. The lowest BCUT2D eigenvalue weighted by Crippen LogP contribution is -2.31. The summed E-state index contributed by atoms with van der Waals surface area (Å²) in [6, 6.07) is 7.62. The summed E-state index contributed by atoms with van der Waals surface area (Å²) >= 11 is 1.10. The van der Waals surface area contributed by atoms with Crippen molar-refractivity contribution in [3.8, 4) is 5.75 Å². The fraction of sp³-hybridized carbons (Fsp3) is 0.368. The number of carboxylic acid groups (broad SMARTS) is 1. The van der Waals surface area contributed by atoms with Crippen molar-refractivity contribution in [2.75, 3.05) is 12.9 Å². The Kier molecular flexibility index (Phi) is 8.06. The zero-order chi connectivity index (χ0) is 20.5. The van der Waals surface area contributed by atoms with E-state index < -0.39 is 12.0 Å². The van der Waals surface area contributed by atoms with Crippen LogP contribution in [0.15, 0.2) is 40.3 Å². The molecule has 1 aromatic heterocycles. The number of nitrogens with one attached hydrogen (secondary N) is 2. The molecule has 28 heavy (non-hydrogen) atoms. The van der Waals surface area contributed by atoms with E-state index in [2.05, 4.69) is 15.3 Å². The van der Waals surface area contributed by atoms with Crippen LogP contribution in [0.5, 0.6) is 5.75 Å². The highest BCUT2D eigenvalue weighted by molar-refractivity contribution is 7.99. The number of methoxy groups -OCH3 is 1. The van der Waals surface area contributed by atoms with E-state index in [4.69, 9.17) is 9.84 Å². The van der Waals surface area contributed by atoms with Crippen LogP contribution >= 0.6 is 11.8 Å². The lowest BCUT2D eigenvalue weighted by Gasteiger charge is -2.17. The molecule has 2 aromatic rings. The minimum atomic E-state index is -1.02.